The highest BCUT2D eigenvalue weighted by atomic mass is 35.5. The van der Waals surface area contributed by atoms with Crippen molar-refractivity contribution in [2.45, 2.75) is 19.3 Å². The van der Waals surface area contributed by atoms with Crippen molar-refractivity contribution >= 4 is 17.9 Å². The van der Waals surface area contributed by atoms with Gasteiger partial charge < -0.3 is 9.53 Å². The molecule has 1 rings (SSSR count). The van der Waals surface area contributed by atoms with E-state index < -0.39 is 0 Å². The minimum Gasteiger partial charge on any atom is -0.496 e. The lowest BCUT2D eigenvalue weighted by Gasteiger charge is -2.12. The van der Waals surface area contributed by atoms with Crippen LogP contribution in [0.3, 0.4) is 0 Å². The van der Waals surface area contributed by atoms with Gasteiger partial charge in [0, 0.05) is 16.5 Å². The van der Waals surface area contributed by atoms with E-state index in [4.69, 9.17) is 16.3 Å². The molecule has 0 bridgehead atoms. The van der Waals surface area contributed by atoms with Gasteiger partial charge in [-0.15, -0.1) is 0 Å². The van der Waals surface area contributed by atoms with Crippen LogP contribution in [0.4, 0.5) is 0 Å². The Labute approximate surface area is 88.8 Å². The number of carbonyl (C=O) groups is 1. The third-order valence-electron chi connectivity index (χ3n) is 2.20. The fraction of sp³-hybridized carbons (Fsp3) is 0.364. The van der Waals surface area contributed by atoms with Gasteiger partial charge in [0.1, 0.15) is 12.0 Å². The smallest absolute Gasteiger partial charge is 0.127 e. The third-order valence-corrected chi connectivity index (χ3v) is 2.43. The van der Waals surface area contributed by atoms with Crippen LogP contribution < -0.4 is 4.74 Å². The zero-order valence-corrected chi connectivity index (χ0v) is 9.04. The lowest BCUT2D eigenvalue weighted by atomic mass is 9.97. The monoisotopic (exact) mass is 212 g/mol. The highest BCUT2D eigenvalue weighted by Crippen LogP contribution is 2.30. The van der Waals surface area contributed by atoms with Crippen LogP contribution in [0.1, 0.15) is 24.8 Å². The number of ether oxygens (including phenoxy) is 1. The number of benzene rings is 1. The lowest BCUT2D eigenvalue weighted by Crippen LogP contribution is -2.01. The molecule has 0 spiro atoms. The van der Waals surface area contributed by atoms with E-state index in [2.05, 4.69) is 0 Å². The van der Waals surface area contributed by atoms with Crippen molar-refractivity contribution < 1.29 is 9.53 Å². The minimum atomic E-state index is -0.136. The molecule has 0 aliphatic rings. The summed E-state index contributed by atoms with van der Waals surface area (Å²) in [6, 6.07) is 5.31. The molecular weight excluding hydrogens is 200 g/mol. The normalized spacial score (nSPS) is 12.2. The quantitative estimate of drug-likeness (QED) is 0.718. The molecule has 14 heavy (non-hydrogen) atoms. The fourth-order valence-corrected chi connectivity index (χ4v) is 1.56. The van der Waals surface area contributed by atoms with Crippen LogP contribution in [0.15, 0.2) is 18.2 Å². The number of aldehydes is 1. The van der Waals surface area contributed by atoms with E-state index in [0.717, 1.165) is 18.3 Å². The van der Waals surface area contributed by atoms with Crippen molar-refractivity contribution in [2.75, 3.05) is 7.11 Å². The molecule has 1 aromatic rings. The molecule has 1 aromatic carbocycles. The van der Waals surface area contributed by atoms with E-state index in [1.54, 1.807) is 25.3 Å². The molecule has 0 aliphatic carbocycles. The van der Waals surface area contributed by atoms with Crippen molar-refractivity contribution in [3.8, 4) is 5.75 Å². The van der Waals surface area contributed by atoms with Crippen molar-refractivity contribution in [1.82, 2.24) is 0 Å². The zero-order chi connectivity index (χ0) is 10.6. The molecule has 76 valence electrons. The summed E-state index contributed by atoms with van der Waals surface area (Å²) in [4.78, 5) is 10.8. The van der Waals surface area contributed by atoms with Crippen LogP contribution in [0.25, 0.3) is 0 Å². The predicted molar refractivity (Wildman–Crippen MR) is 57.1 cm³/mol. The second-order valence-corrected chi connectivity index (χ2v) is 3.47. The molecule has 0 saturated carbocycles. The van der Waals surface area contributed by atoms with E-state index in [9.17, 15) is 4.79 Å². The molecule has 1 atom stereocenters. The van der Waals surface area contributed by atoms with Crippen LogP contribution >= 0.6 is 11.6 Å². The van der Waals surface area contributed by atoms with Gasteiger partial charge in [0.2, 0.25) is 0 Å². The first-order chi connectivity index (χ1) is 6.72. The Bertz CT molecular complexity index is 323. The highest BCUT2D eigenvalue weighted by Gasteiger charge is 2.13. The van der Waals surface area contributed by atoms with Gasteiger partial charge in [0.15, 0.2) is 0 Å². The molecule has 0 aliphatic heterocycles. The van der Waals surface area contributed by atoms with Gasteiger partial charge >= 0.3 is 0 Å². The van der Waals surface area contributed by atoms with Crippen molar-refractivity contribution in [3.63, 3.8) is 0 Å². The van der Waals surface area contributed by atoms with Crippen LogP contribution in [-0.2, 0) is 4.79 Å². The highest BCUT2D eigenvalue weighted by molar-refractivity contribution is 6.30. The summed E-state index contributed by atoms with van der Waals surface area (Å²) in [5.41, 5.74) is 0.859. The van der Waals surface area contributed by atoms with Crippen LogP contribution in [-0.4, -0.2) is 13.4 Å². The third kappa shape index (κ3) is 2.26. The first-order valence-corrected chi connectivity index (χ1v) is 4.89. The molecular formula is C11H13ClO2. The van der Waals surface area contributed by atoms with E-state index in [1.807, 2.05) is 6.92 Å². The first-order valence-electron chi connectivity index (χ1n) is 4.51. The zero-order valence-electron chi connectivity index (χ0n) is 8.29. The Kier molecular flexibility index (Phi) is 3.96. The van der Waals surface area contributed by atoms with Crippen LogP contribution in [0.5, 0.6) is 5.75 Å². The summed E-state index contributed by atoms with van der Waals surface area (Å²) >= 11 is 5.86. The lowest BCUT2D eigenvalue weighted by molar-refractivity contribution is -0.109. The average Bonchev–Trinajstić information content (AvgIpc) is 2.20. The summed E-state index contributed by atoms with van der Waals surface area (Å²) in [5, 5.41) is 0.626. The van der Waals surface area contributed by atoms with Gasteiger partial charge in [0.05, 0.1) is 7.11 Å². The summed E-state index contributed by atoms with van der Waals surface area (Å²) < 4.78 is 5.17. The first kappa shape index (κ1) is 11.1. The minimum absolute atomic E-state index is 0.136. The predicted octanol–water partition coefficient (Wildman–Crippen LogP) is 3.04. The van der Waals surface area contributed by atoms with Gasteiger partial charge in [-0.25, -0.2) is 0 Å². The molecule has 0 aromatic heterocycles. The number of halogens is 1. The van der Waals surface area contributed by atoms with Gasteiger partial charge in [-0.3, -0.25) is 0 Å². The SMILES string of the molecule is CCC(C=O)c1cc(Cl)ccc1OC. The average molecular weight is 213 g/mol. The summed E-state index contributed by atoms with van der Waals surface area (Å²) in [6.07, 6.45) is 1.67. The second-order valence-electron chi connectivity index (χ2n) is 3.04. The van der Waals surface area contributed by atoms with Crippen molar-refractivity contribution in [1.29, 1.82) is 0 Å². The fourth-order valence-electron chi connectivity index (χ4n) is 1.38. The second kappa shape index (κ2) is 5.01. The Morgan fingerprint density at radius 3 is 2.79 bits per heavy atom. The Morgan fingerprint density at radius 2 is 2.29 bits per heavy atom. The maximum atomic E-state index is 10.8. The Morgan fingerprint density at radius 1 is 1.57 bits per heavy atom. The molecule has 0 heterocycles. The van der Waals surface area contributed by atoms with E-state index in [-0.39, 0.29) is 5.92 Å². The van der Waals surface area contributed by atoms with E-state index in [0.29, 0.717) is 10.8 Å². The molecule has 0 saturated heterocycles. The maximum Gasteiger partial charge on any atom is 0.127 e. The Balaban J connectivity index is 3.14. The number of rotatable bonds is 4. The van der Waals surface area contributed by atoms with Crippen molar-refractivity contribution in [3.05, 3.63) is 28.8 Å². The summed E-state index contributed by atoms with van der Waals surface area (Å²) in [5.74, 6) is 0.581. The van der Waals surface area contributed by atoms with Crippen molar-refractivity contribution in [2.24, 2.45) is 0 Å². The Hall–Kier alpha value is -1.02. The van der Waals surface area contributed by atoms with E-state index in [1.165, 1.54) is 0 Å². The molecule has 0 amide bonds. The molecule has 0 radical (unpaired) electrons. The number of carbonyl (C=O) groups excluding carboxylic acids is 1. The molecule has 1 unspecified atom stereocenters. The number of hydrogen-bond acceptors (Lipinski definition) is 2. The molecule has 3 heteroatoms. The number of hydrogen-bond donors (Lipinski definition) is 0. The molecule has 0 fully saturated rings. The topological polar surface area (TPSA) is 26.3 Å². The molecule has 2 nitrogen and oxygen atoms in total. The standard InChI is InChI=1S/C11H13ClO2/c1-3-8(7-13)10-6-9(12)4-5-11(10)14-2/h4-8H,3H2,1-2H3. The van der Waals surface area contributed by atoms with E-state index >= 15 is 0 Å². The van der Waals surface area contributed by atoms with Gasteiger partial charge in [-0.2, -0.15) is 0 Å². The summed E-state index contributed by atoms with van der Waals surface area (Å²) in [6.45, 7) is 1.96. The molecule has 0 N–H and O–H groups in total. The van der Waals surface area contributed by atoms with Gasteiger partial charge in [-0.05, 0) is 24.6 Å². The summed E-state index contributed by atoms with van der Waals surface area (Å²) in [7, 11) is 1.59. The van der Waals surface area contributed by atoms with Crippen LogP contribution in [0.2, 0.25) is 5.02 Å². The van der Waals surface area contributed by atoms with Gasteiger partial charge in [-0.1, -0.05) is 18.5 Å². The largest absolute Gasteiger partial charge is 0.496 e. The van der Waals surface area contributed by atoms with Gasteiger partial charge in [0.25, 0.3) is 0 Å². The number of methoxy groups -OCH3 is 1. The van der Waals surface area contributed by atoms with Crippen LogP contribution in [0, 0.1) is 0 Å². The maximum absolute atomic E-state index is 10.8.